The molecule has 25 heavy (non-hydrogen) atoms. The average Bonchev–Trinajstić information content (AvgIpc) is 2.99. The molecule has 132 valence electrons. The number of hydrazine groups is 1. The minimum absolute atomic E-state index is 0.0837. The Balaban J connectivity index is 1.69. The van der Waals surface area contributed by atoms with Crippen LogP contribution in [-0.2, 0) is 0 Å². The van der Waals surface area contributed by atoms with E-state index in [1.54, 1.807) is 0 Å². The van der Waals surface area contributed by atoms with Crippen molar-refractivity contribution in [3.63, 3.8) is 0 Å². The number of allylic oxidation sites excluding steroid dienone is 2. The van der Waals surface area contributed by atoms with Crippen molar-refractivity contribution < 1.29 is 4.63 Å². The number of rotatable bonds is 2. The molecule has 0 spiro atoms. The number of hydrogen-bond donors (Lipinski definition) is 2. The zero-order valence-corrected chi connectivity index (χ0v) is 15.2. The summed E-state index contributed by atoms with van der Waals surface area (Å²) < 4.78 is 4.83. The molecule has 2 N–H and O–H groups in total. The summed E-state index contributed by atoms with van der Waals surface area (Å²) >= 11 is 0. The van der Waals surface area contributed by atoms with Gasteiger partial charge in [0.25, 0.3) is 0 Å². The van der Waals surface area contributed by atoms with Crippen LogP contribution in [0.15, 0.2) is 41.2 Å². The van der Waals surface area contributed by atoms with Crippen molar-refractivity contribution in [1.82, 2.24) is 26.1 Å². The van der Waals surface area contributed by atoms with E-state index >= 15 is 0 Å². The van der Waals surface area contributed by atoms with Gasteiger partial charge in [-0.25, -0.2) is 4.63 Å². The Hall–Kier alpha value is -2.34. The van der Waals surface area contributed by atoms with Gasteiger partial charge in [0.05, 0.1) is 11.7 Å². The zero-order chi connectivity index (χ0) is 17.7. The van der Waals surface area contributed by atoms with E-state index in [0.29, 0.717) is 6.04 Å². The summed E-state index contributed by atoms with van der Waals surface area (Å²) in [6.45, 7) is 9.10. The molecular weight excluding hydrogens is 314 g/mol. The topological polar surface area (TPSA) is 66.2 Å². The highest BCUT2D eigenvalue weighted by Gasteiger charge is 2.41. The van der Waals surface area contributed by atoms with E-state index in [2.05, 4.69) is 65.9 Å². The number of hydrogen-bond acceptors (Lipinski definition) is 6. The minimum Gasteiger partial charge on any atom is -0.307 e. The normalized spacial score (nSPS) is 22.7. The fraction of sp³-hybridized carbons (Fsp3) is 0.474. The summed E-state index contributed by atoms with van der Waals surface area (Å²) in [5, 5.41) is 13.9. The van der Waals surface area contributed by atoms with Gasteiger partial charge >= 0.3 is 0 Å². The Kier molecular flexibility index (Phi) is 3.61. The predicted octanol–water partition coefficient (Wildman–Crippen LogP) is 3.21. The first-order chi connectivity index (χ1) is 11.8. The minimum atomic E-state index is 0.0837. The second kappa shape index (κ2) is 5.59. The predicted molar refractivity (Wildman–Crippen MR) is 98.2 cm³/mol. The Labute approximate surface area is 147 Å². The summed E-state index contributed by atoms with van der Waals surface area (Å²) in [5.41, 5.74) is 7.42. The van der Waals surface area contributed by atoms with Gasteiger partial charge in [0.15, 0.2) is 0 Å². The molecule has 2 aromatic rings. The SMILES string of the molecule is CC1(C)CC(N2NC=CC=C2c2ccc3nonc3c2)CC(C)(C)N1. The van der Waals surface area contributed by atoms with Gasteiger partial charge < -0.3 is 10.7 Å². The molecule has 2 aliphatic rings. The quantitative estimate of drug-likeness (QED) is 0.876. The summed E-state index contributed by atoms with van der Waals surface area (Å²) in [4.78, 5) is 0. The molecule has 0 amide bonds. The maximum absolute atomic E-state index is 4.83. The molecule has 0 radical (unpaired) electrons. The van der Waals surface area contributed by atoms with Crippen molar-refractivity contribution in [2.45, 2.75) is 57.7 Å². The third kappa shape index (κ3) is 3.14. The number of piperidine rings is 1. The molecule has 1 aromatic heterocycles. The molecule has 2 aliphatic heterocycles. The lowest BCUT2D eigenvalue weighted by atomic mass is 9.79. The second-order valence-corrected chi connectivity index (χ2v) is 8.33. The van der Waals surface area contributed by atoms with Crippen LogP contribution in [-0.4, -0.2) is 32.4 Å². The van der Waals surface area contributed by atoms with Crippen LogP contribution in [0.3, 0.4) is 0 Å². The summed E-state index contributed by atoms with van der Waals surface area (Å²) in [5.74, 6) is 0. The van der Waals surface area contributed by atoms with Crippen LogP contribution in [0, 0.1) is 0 Å². The lowest BCUT2D eigenvalue weighted by Gasteiger charge is -2.50. The highest BCUT2D eigenvalue weighted by atomic mass is 16.6. The van der Waals surface area contributed by atoms with Gasteiger partial charge in [0.2, 0.25) is 0 Å². The summed E-state index contributed by atoms with van der Waals surface area (Å²) in [6.07, 6.45) is 8.29. The van der Waals surface area contributed by atoms with E-state index in [9.17, 15) is 0 Å². The highest BCUT2D eigenvalue weighted by molar-refractivity contribution is 5.79. The lowest BCUT2D eigenvalue weighted by molar-refractivity contribution is 0.0821. The first-order valence-corrected chi connectivity index (χ1v) is 8.77. The van der Waals surface area contributed by atoms with Crippen LogP contribution in [0.2, 0.25) is 0 Å². The Morgan fingerprint density at radius 2 is 1.80 bits per heavy atom. The number of fused-ring (bicyclic) bond motifs is 1. The van der Waals surface area contributed by atoms with Gasteiger partial charge in [0, 0.05) is 22.8 Å². The Morgan fingerprint density at radius 1 is 1.08 bits per heavy atom. The third-order valence-electron chi connectivity index (χ3n) is 4.91. The average molecular weight is 339 g/mol. The second-order valence-electron chi connectivity index (χ2n) is 8.33. The molecular formula is C19H25N5O. The zero-order valence-electron chi connectivity index (χ0n) is 15.2. The maximum atomic E-state index is 4.83. The van der Waals surface area contributed by atoms with E-state index in [-0.39, 0.29) is 11.1 Å². The van der Waals surface area contributed by atoms with E-state index in [1.807, 2.05) is 24.4 Å². The van der Waals surface area contributed by atoms with Crippen molar-refractivity contribution in [1.29, 1.82) is 0 Å². The Morgan fingerprint density at radius 3 is 2.56 bits per heavy atom. The van der Waals surface area contributed by atoms with Crippen LogP contribution in [0.5, 0.6) is 0 Å². The molecule has 0 atom stereocenters. The number of aromatic nitrogens is 2. The lowest BCUT2D eigenvalue weighted by Crippen LogP contribution is -2.63. The largest absolute Gasteiger partial charge is 0.307 e. The van der Waals surface area contributed by atoms with E-state index in [1.165, 1.54) is 0 Å². The van der Waals surface area contributed by atoms with Gasteiger partial charge in [-0.1, -0.05) is 6.07 Å². The van der Waals surface area contributed by atoms with Crippen LogP contribution < -0.4 is 10.7 Å². The van der Waals surface area contributed by atoms with E-state index in [4.69, 9.17) is 4.63 Å². The van der Waals surface area contributed by atoms with Crippen molar-refractivity contribution in [3.8, 4) is 0 Å². The first-order valence-electron chi connectivity index (χ1n) is 8.77. The third-order valence-corrected chi connectivity index (χ3v) is 4.91. The van der Waals surface area contributed by atoms with Crippen LogP contribution >= 0.6 is 0 Å². The summed E-state index contributed by atoms with van der Waals surface area (Å²) in [7, 11) is 0. The maximum Gasteiger partial charge on any atom is 0.135 e. The number of benzene rings is 1. The van der Waals surface area contributed by atoms with E-state index < -0.39 is 0 Å². The molecule has 0 bridgehead atoms. The smallest absolute Gasteiger partial charge is 0.135 e. The van der Waals surface area contributed by atoms with Gasteiger partial charge in [0.1, 0.15) is 11.0 Å². The van der Waals surface area contributed by atoms with Crippen molar-refractivity contribution in [3.05, 3.63) is 42.1 Å². The van der Waals surface area contributed by atoms with Crippen molar-refractivity contribution in [2.75, 3.05) is 0 Å². The van der Waals surface area contributed by atoms with Crippen LogP contribution in [0.1, 0.15) is 46.1 Å². The molecule has 4 rings (SSSR count). The van der Waals surface area contributed by atoms with Gasteiger partial charge in [-0.2, -0.15) is 0 Å². The molecule has 0 saturated carbocycles. The standard InChI is InChI=1S/C19H25N5O/c1-18(2)11-14(12-19(3,4)23-18)24-17(6-5-9-20-24)13-7-8-15-16(10-13)22-25-21-15/h5-10,14,20,23H,11-12H2,1-4H3. The number of nitrogens with one attached hydrogen (secondary N) is 2. The van der Waals surface area contributed by atoms with Crippen molar-refractivity contribution >= 4 is 16.7 Å². The van der Waals surface area contributed by atoms with Crippen molar-refractivity contribution in [2.24, 2.45) is 0 Å². The molecule has 6 nitrogen and oxygen atoms in total. The number of nitrogens with zero attached hydrogens (tertiary/aromatic N) is 3. The summed E-state index contributed by atoms with van der Waals surface area (Å²) in [6, 6.07) is 6.44. The van der Waals surface area contributed by atoms with Gasteiger partial charge in [-0.15, -0.1) is 0 Å². The molecule has 0 aliphatic carbocycles. The fourth-order valence-corrected chi connectivity index (χ4v) is 4.34. The molecule has 1 fully saturated rings. The van der Waals surface area contributed by atoms with E-state index in [0.717, 1.165) is 35.1 Å². The fourth-order valence-electron chi connectivity index (χ4n) is 4.34. The molecule has 0 unspecified atom stereocenters. The Bertz CT molecular complexity index is 832. The van der Waals surface area contributed by atoms with Crippen LogP contribution in [0.4, 0.5) is 0 Å². The van der Waals surface area contributed by atoms with Gasteiger partial charge in [-0.05, 0) is 75.1 Å². The molecule has 1 saturated heterocycles. The van der Waals surface area contributed by atoms with Crippen LogP contribution in [0.25, 0.3) is 16.7 Å². The molecule has 3 heterocycles. The monoisotopic (exact) mass is 339 g/mol. The molecule has 6 heteroatoms. The van der Waals surface area contributed by atoms with Gasteiger partial charge in [-0.3, -0.25) is 5.01 Å². The highest BCUT2D eigenvalue weighted by Crippen LogP contribution is 2.35. The first kappa shape index (κ1) is 16.1. The molecule has 1 aromatic carbocycles.